The fourth-order valence-corrected chi connectivity index (χ4v) is 2.80. The molecule has 0 bridgehead atoms. The number of rotatable bonds is 8. The molecule has 0 atom stereocenters. The monoisotopic (exact) mass is 392 g/mol. The van der Waals surface area contributed by atoms with Crippen LogP contribution in [0.2, 0.25) is 0 Å². The Bertz CT molecular complexity index is 387. The second kappa shape index (κ2) is 9.37. The van der Waals surface area contributed by atoms with E-state index in [0.717, 1.165) is 34.0 Å². The number of benzene rings is 1. The third kappa shape index (κ3) is 6.43. The smallest absolute Gasteiger partial charge is 0.305 e. The molecule has 0 spiro atoms. The molecule has 0 aliphatic heterocycles. The van der Waals surface area contributed by atoms with Crippen molar-refractivity contribution >= 4 is 37.8 Å². The van der Waals surface area contributed by atoms with Crippen molar-refractivity contribution in [1.29, 1.82) is 0 Å². The molecule has 0 aliphatic rings. The molecule has 3 nitrogen and oxygen atoms in total. The minimum atomic E-state index is -0.114. The first-order valence-electron chi connectivity index (χ1n) is 6.37. The fraction of sp³-hybridized carbons (Fsp3) is 0.500. The van der Waals surface area contributed by atoms with Crippen LogP contribution in [0.25, 0.3) is 0 Å². The normalized spacial score (nSPS) is 10.3. The highest BCUT2D eigenvalue weighted by atomic mass is 79.9. The summed E-state index contributed by atoms with van der Waals surface area (Å²) in [4.78, 5) is 11.1. The predicted octanol–water partition coefficient (Wildman–Crippen LogP) is 4.71. The molecule has 0 aliphatic carbocycles. The summed E-state index contributed by atoms with van der Waals surface area (Å²) >= 11 is 6.90. The Morgan fingerprint density at radius 2 is 1.84 bits per heavy atom. The van der Waals surface area contributed by atoms with Gasteiger partial charge in [0.25, 0.3) is 0 Å². The van der Waals surface area contributed by atoms with Gasteiger partial charge in [-0.2, -0.15) is 0 Å². The van der Waals surface area contributed by atoms with Crippen molar-refractivity contribution in [2.75, 3.05) is 13.2 Å². The maximum absolute atomic E-state index is 11.1. The summed E-state index contributed by atoms with van der Waals surface area (Å²) in [5.41, 5.74) is 0. The van der Waals surface area contributed by atoms with Gasteiger partial charge in [0.2, 0.25) is 0 Å². The van der Waals surface area contributed by atoms with Gasteiger partial charge in [0.05, 0.1) is 22.2 Å². The van der Waals surface area contributed by atoms with E-state index in [1.165, 1.54) is 0 Å². The van der Waals surface area contributed by atoms with Gasteiger partial charge in [0.1, 0.15) is 5.75 Å². The van der Waals surface area contributed by atoms with Crippen LogP contribution < -0.4 is 4.74 Å². The van der Waals surface area contributed by atoms with Gasteiger partial charge in [-0.1, -0.05) is 6.07 Å². The molecule has 0 aromatic heterocycles. The van der Waals surface area contributed by atoms with E-state index in [0.29, 0.717) is 19.6 Å². The summed E-state index contributed by atoms with van der Waals surface area (Å²) in [6.07, 6.45) is 3.22. The van der Waals surface area contributed by atoms with Crippen LogP contribution in [0.15, 0.2) is 27.1 Å². The Morgan fingerprint density at radius 1 is 1.16 bits per heavy atom. The number of carbonyl (C=O) groups excluding carboxylic acids is 1. The average molecular weight is 394 g/mol. The number of ether oxygens (including phenoxy) is 2. The van der Waals surface area contributed by atoms with Crippen LogP contribution in [0.4, 0.5) is 0 Å². The lowest BCUT2D eigenvalue weighted by atomic mass is 10.2. The highest BCUT2D eigenvalue weighted by Crippen LogP contribution is 2.33. The Kier molecular flexibility index (Phi) is 8.14. The van der Waals surface area contributed by atoms with Crippen molar-refractivity contribution in [1.82, 2.24) is 0 Å². The molecular formula is C14H18Br2O3. The number of esters is 1. The number of hydrogen-bond acceptors (Lipinski definition) is 3. The van der Waals surface area contributed by atoms with E-state index in [2.05, 4.69) is 31.9 Å². The molecule has 106 valence electrons. The molecule has 0 unspecified atom stereocenters. The molecule has 0 saturated carbocycles. The predicted molar refractivity (Wildman–Crippen MR) is 82.4 cm³/mol. The maximum Gasteiger partial charge on any atom is 0.305 e. The second-order valence-electron chi connectivity index (χ2n) is 4.01. The zero-order chi connectivity index (χ0) is 14.1. The molecular weight excluding hydrogens is 376 g/mol. The zero-order valence-corrected chi connectivity index (χ0v) is 14.1. The molecule has 0 amide bonds. The third-order valence-corrected chi connectivity index (χ3v) is 3.74. The van der Waals surface area contributed by atoms with Gasteiger partial charge in [-0.3, -0.25) is 4.79 Å². The van der Waals surface area contributed by atoms with Gasteiger partial charge in [-0.25, -0.2) is 0 Å². The Labute approximate surface area is 130 Å². The molecule has 5 heteroatoms. The zero-order valence-electron chi connectivity index (χ0n) is 11.0. The van der Waals surface area contributed by atoms with Crippen LogP contribution in [0.1, 0.15) is 32.6 Å². The molecule has 0 saturated heterocycles. The highest BCUT2D eigenvalue weighted by molar-refractivity contribution is 9.11. The molecule has 0 radical (unpaired) electrons. The van der Waals surface area contributed by atoms with Crippen molar-refractivity contribution in [3.63, 3.8) is 0 Å². The van der Waals surface area contributed by atoms with Crippen LogP contribution >= 0.6 is 31.9 Å². The van der Waals surface area contributed by atoms with Crippen LogP contribution in [-0.4, -0.2) is 19.2 Å². The van der Waals surface area contributed by atoms with Gasteiger partial charge >= 0.3 is 5.97 Å². The lowest BCUT2D eigenvalue weighted by Gasteiger charge is -2.09. The molecule has 0 N–H and O–H groups in total. The topological polar surface area (TPSA) is 35.5 Å². The van der Waals surface area contributed by atoms with E-state index in [-0.39, 0.29) is 5.97 Å². The van der Waals surface area contributed by atoms with Crippen LogP contribution in [0.3, 0.4) is 0 Å². The van der Waals surface area contributed by atoms with Crippen LogP contribution in [0, 0.1) is 0 Å². The van der Waals surface area contributed by atoms with E-state index in [4.69, 9.17) is 9.47 Å². The molecule has 1 aromatic carbocycles. The van der Waals surface area contributed by atoms with Gasteiger partial charge in [-0.05, 0) is 70.2 Å². The van der Waals surface area contributed by atoms with Crippen molar-refractivity contribution < 1.29 is 14.3 Å². The van der Waals surface area contributed by atoms with Crippen molar-refractivity contribution in [2.24, 2.45) is 0 Å². The fourth-order valence-electron chi connectivity index (χ4n) is 1.58. The molecule has 1 aromatic rings. The van der Waals surface area contributed by atoms with E-state index < -0.39 is 0 Å². The molecule has 1 rings (SSSR count). The summed E-state index contributed by atoms with van der Waals surface area (Å²) in [5.74, 6) is 0.713. The maximum atomic E-state index is 11.1. The minimum Gasteiger partial charge on any atom is -0.491 e. The third-order valence-electron chi connectivity index (χ3n) is 2.50. The Morgan fingerprint density at radius 3 is 2.47 bits per heavy atom. The number of hydrogen-bond donors (Lipinski definition) is 0. The van der Waals surface area contributed by atoms with E-state index in [1.54, 1.807) is 0 Å². The summed E-state index contributed by atoms with van der Waals surface area (Å²) in [7, 11) is 0. The molecule has 0 fully saturated rings. The number of halogens is 2. The first kappa shape index (κ1) is 16.5. The van der Waals surface area contributed by atoms with Crippen LogP contribution in [0.5, 0.6) is 5.75 Å². The standard InChI is InChI=1S/C14H18Br2O3/c1-2-18-13(17)9-4-3-5-10-19-14-11(15)7-6-8-12(14)16/h6-8H,2-5,9-10H2,1H3. The Hall–Kier alpha value is -0.550. The van der Waals surface area contributed by atoms with Crippen molar-refractivity contribution in [2.45, 2.75) is 32.6 Å². The lowest BCUT2D eigenvalue weighted by molar-refractivity contribution is -0.143. The van der Waals surface area contributed by atoms with E-state index in [1.807, 2.05) is 25.1 Å². The number of para-hydroxylation sites is 1. The lowest BCUT2D eigenvalue weighted by Crippen LogP contribution is -2.04. The largest absolute Gasteiger partial charge is 0.491 e. The minimum absolute atomic E-state index is 0.114. The number of unbranched alkanes of at least 4 members (excludes halogenated alkanes) is 2. The average Bonchev–Trinajstić information content (AvgIpc) is 2.36. The SMILES string of the molecule is CCOC(=O)CCCCCOc1c(Br)cccc1Br. The number of carbonyl (C=O) groups is 1. The Balaban J connectivity index is 2.16. The summed E-state index contributed by atoms with van der Waals surface area (Å²) < 4.78 is 12.5. The van der Waals surface area contributed by atoms with Crippen molar-refractivity contribution in [3.05, 3.63) is 27.1 Å². The summed E-state index contributed by atoms with van der Waals surface area (Å²) in [6, 6.07) is 5.84. The van der Waals surface area contributed by atoms with Gasteiger partial charge in [0.15, 0.2) is 0 Å². The molecule has 19 heavy (non-hydrogen) atoms. The van der Waals surface area contributed by atoms with E-state index in [9.17, 15) is 4.79 Å². The van der Waals surface area contributed by atoms with Gasteiger partial charge in [-0.15, -0.1) is 0 Å². The van der Waals surface area contributed by atoms with E-state index >= 15 is 0 Å². The molecule has 0 heterocycles. The highest BCUT2D eigenvalue weighted by Gasteiger charge is 2.05. The van der Waals surface area contributed by atoms with Gasteiger partial charge in [0, 0.05) is 6.42 Å². The second-order valence-corrected chi connectivity index (χ2v) is 5.72. The first-order chi connectivity index (χ1) is 9.15. The van der Waals surface area contributed by atoms with Gasteiger partial charge < -0.3 is 9.47 Å². The van der Waals surface area contributed by atoms with Crippen LogP contribution in [-0.2, 0) is 9.53 Å². The quantitative estimate of drug-likeness (QED) is 0.473. The first-order valence-corrected chi connectivity index (χ1v) is 7.96. The summed E-state index contributed by atoms with van der Waals surface area (Å²) in [6.45, 7) is 2.92. The van der Waals surface area contributed by atoms with Crippen molar-refractivity contribution in [3.8, 4) is 5.75 Å². The summed E-state index contributed by atoms with van der Waals surface area (Å²) in [5, 5.41) is 0.